The van der Waals surface area contributed by atoms with E-state index < -0.39 is 11.6 Å². The Balaban J connectivity index is 0.000000533. The van der Waals surface area contributed by atoms with Crippen molar-refractivity contribution in [1.29, 1.82) is 0 Å². The van der Waals surface area contributed by atoms with Crippen LogP contribution in [0.15, 0.2) is 42.5 Å². The largest absolute Gasteiger partial charge is 0.356 e. The van der Waals surface area contributed by atoms with Crippen molar-refractivity contribution < 1.29 is 18.4 Å². The third-order valence-corrected chi connectivity index (χ3v) is 5.67. The van der Waals surface area contributed by atoms with Crippen molar-refractivity contribution >= 4 is 12.2 Å². The van der Waals surface area contributed by atoms with Gasteiger partial charge < -0.3 is 15.4 Å². The molecule has 0 saturated heterocycles. The third kappa shape index (κ3) is 10.6. The van der Waals surface area contributed by atoms with E-state index in [0.717, 1.165) is 44.6 Å². The van der Waals surface area contributed by atoms with Crippen LogP contribution in [-0.2, 0) is 15.1 Å². The number of hydrogen-bond donors (Lipinski definition) is 2. The van der Waals surface area contributed by atoms with Crippen molar-refractivity contribution in [3.05, 3.63) is 70.8 Å². The maximum Gasteiger partial charge on any atom is 0.216 e. The molecule has 34 heavy (non-hydrogen) atoms. The Morgan fingerprint density at radius 2 is 1.74 bits per heavy atom. The number of aldehydes is 1. The Kier molecular flexibility index (Phi) is 13.3. The van der Waals surface area contributed by atoms with Gasteiger partial charge in [-0.3, -0.25) is 4.79 Å². The summed E-state index contributed by atoms with van der Waals surface area (Å²) >= 11 is 0. The van der Waals surface area contributed by atoms with Gasteiger partial charge in [0.1, 0.15) is 17.9 Å². The Morgan fingerprint density at radius 3 is 2.26 bits per heavy atom. The zero-order valence-electron chi connectivity index (χ0n) is 21.2. The SMILES string of the molecule is CCCC(CCC=O)(NCCCNC(C)=O)c1cccc(C(C)C)c1.Cc1cc(F)cc(F)c1. The lowest BCUT2D eigenvalue weighted by atomic mass is 9.80. The van der Waals surface area contributed by atoms with Crippen molar-refractivity contribution in [3.8, 4) is 0 Å². The quantitative estimate of drug-likeness (QED) is 0.286. The molecule has 2 aromatic rings. The number of amides is 1. The lowest BCUT2D eigenvalue weighted by molar-refractivity contribution is -0.119. The van der Waals surface area contributed by atoms with E-state index in [2.05, 4.69) is 55.7 Å². The molecular weight excluding hydrogens is 434 g/mol. The van der Waals surface area contributed by atoms with Gasteiger partial charge in [-0.25, -0.2) is 8.78 Å². The maximum absolute atomic E-state index is 12.2. The molecule has 2 rings (SSSR count). The summed E-state index contributed by atoms with van der Waals surface area (Å²) in [6.07, 6.45) is 5.26. The second kappa shape index (κ2) is 15.3. The summed E-state index contributed by atoms with van der Waals surface area (Å²) in [5.74, 6) is -0.560. The van der Waals surface area contributed by atoms with Gasteiger partial charge in [0.2, 0.25) is 5.91 Å². The number of hydrogen-bond acceptors (Lipinski definition) is 3. The molecule has 4 nitrogen and oxygen atoms in total. The summed E-state index contributed by atoms with van der Waals surface area (Å²) in [6, 6.07) is 12.2. The first-order chi connectivity index (χ1) is 16.1. The molecule has 0 aliphatic heterocycles. The molecule has 1 unspecified atom stereocenters. The molecule has 0 aliphatic carbocycles. The maximum atomic E-state index is 12.2. The van der Waals surface area contributed by atoms with E-state index in [0.29, 0.717) is 24.4 Å². The standard InChI is InChI=1S/C21H34N2O2.C7H6F2/c1-5-11-21(12-7-15-24,23-14-8-13-22-18(4)25)20-10-6-9-19(16-20)17(2)3;1-5-2-6(8)4-7(9)3-5/h6,9-10,15-17,23H,5,7-8,11-14H2,1-4H3,(H,22,25);2-4H,1H3. The summed E-state index contributed by atoms with van der Waals surface area (Å²) in [7, 11) is 0. The molecule has 0 spiro atoms. The van der Waals surface area contributed by atoms with Crippen LogP contribution in [-0.4, -0.2) is 25.3 Å². The van der Waals surface area contributed by atoms with Gasteiger partial charge in [0.05, 0.1) is 0 Å². The summed E-state index contributed by atoms with van der Waals surface area (Å²) in [5, 5.41) is 6.55. The van der Waals surface area contributed by atoms with E-state index in [1.807, 2.05) is 0 Å². The monoisotopic (exact) mass is 474 g/mol. The highest BCUT2D eigenvalue weighted by Gasteiger charge is 2.30. The highest BCUT2D eigenvalue weighted by molar-refractivity contribution is 5.72. The van der Waals surface area contributed by atoms with Crippen LogP contribution in [0.3, 0.4) is 0 Å². The van der Waals surface area contributed by atoms with Crippen molar-refractivity contribution in [1.82, 2.24) is 10.6 Å². The normalized spacial score (nSPS) is 12.5. The van der Waals surface area contributed by atoms with Crippen LogP contribution in [0.5, 0.6) is 0 Å². The van der Waals surface area contributed by atoms with E-state index in [1.165, 1.54) is 30.2 Å². The Labute approximate surface area is 203 Å². The molecule has 2 N–H and O–H groups in total. The van der Waals surface area contributed by atoms with Crippen molar-refractivity contribution in [2.45, 2.75) is 78.2 Å². The summed E-state index contributed by atoms with van der Waals surface area (Å²) in [6.45, 7) is 11.2. The molecule has 6 heteroatoms. The molecule has 0 heterocycles. The van der Waals surface area contributed by atoms with Crippen LogP contribution < -0.4 is 10.6 Å². The Hall–Kier alpha value is -2.60. The minimum atomic E-state index is -0.521. The molecule has 0 bridgehead atoms. The number of carbonyl (C=O) groups is 2. The molecule has 1 atom stereocenters. The fraction of sp³-hybridized carbons (Fsp3) is 0.500. The molecule has 0 aromatic heterocycles. The predicted molar refractivity (Wildman–Crippen MR) is 135 cm³/mol. The van der Waals surface area contributed by atoms with Crippen LogP contribution in [0, 0.1) is 18.6 Å². The number of rotatable bonds is 12. The van der Waals surface area contributed by atoms with Crippen LogP contribution in [0.2, 0.25) is 0 Å². The number of nitrogens with one attached hydrogen (secondary N) is 2. The van der Waals surface area contributed by atoms with E-state index in [-0.39, 0.29) is 11.4 Å². The van der Waals surface area contributed by atoms with Crippen molar-refractivity contribution in [2.24, 2.45) is 0 Å². The van der Waals surface area contributed by atoms with Crippen LogP contribution in [0.4, 0.5) is 8.78 Å². The summed E-state index contributed by atoms with van der Waals surface area (Å²) < 4.78 is 24.4. The predicted octanol–water partition coefficient (Wildman–Crippen LogP) is 6.17. The first-order valence-corrected chi connectivity index (χ1v) is 12.1. The lowest BCUT2D eigenvalue weighted by Crippen LogP contribution is -2.43. The number of halogens is 2. The fourth-order valence-electron chi connectivity index (χ4n) is 3.99. The average Bonchev–Trinajstić information content (AvgIpc) is 2.76. The lowest BCUT2D eigenvalue weighted by Gasteiger charge is -2.36. The third-order valence-electron chi connectivity index (χ3n) is 5.67. The van der Waals surface area contributed by atoms with Gasteiger partial charge in [0, 0.05) is 31.5 Å². The Morgan fingerprint density at radius 1 is 1.06 bits per heavy atom. The number of carbonyl (C=O) groups excluding carboxylic acids is 2. The van der Waals surface area contributed by atoms with Gasteiger partial charge in [-0.2, -0.15) is 0 Å². The molecule has 0 fully saturated rings. The zero-order chi connectivity index (χ0) is 25.6. The molecule has 0 aliphatic rings. The smallest absolute Gasteiger partial charge is 0.216 e. The minimum Gasteiger partial charge on any atom is -0.356 e. The van der Waals surface area contributed by atoms with E-state index >= 15 is 0 Å². The summed E-state index contributed by atoms with van der Waals surface area (Å²) in [5.41, 5.74) is 3.01. The highest BCUT2D eigenvalue weighted by Crippen LogP contribution is 2.33. The van der Waals surface area contributed by atoms with Crippen molar-refractivity contribution in [3.63, 3.8) is 0 Å². The van der Waals surface area contributed by atoms with Gasteiger partial charge >= 0.3 is 0 Å². The first-order valence-electron chi connectivity index (χ1n) is 12.1. The molecule has 2 aromatic carbocycles. The van der Waals surface area contributed by atoms with Crippen LogP contribution in [0.1, 0.15) is 82.4 Å². The first kappa shape index (κ1) is 29.4. The fourth-order valence-corrected chi connectivity index (χ4v) is 3.99. The second-order valence-corrected chi connectivity index (χ2v) is 9.03. The summed E-state index contributed by atoms with van der Waals surface area (Å²) in [4.78, 5) is 22.0. The van der Waals surface area contributed by atoms with E-state index in [4.69, 9.17) is 0 Å². The molecule has 188 valence electrons. The van der Waals surface area contributed by atoms with E-state index in [9.17, 15) is 18.4 Å². The molecular formula is C28H40F2N2O2. The second-order valence-electron chi connectivity index (χ2n) is 9.03. The van der Waals surface area contributed by atoms with Gasteiger partial charge in [0.25, 0.3) is 0 Å². The van der Waals surface area contributed by atoms with Crippen LogP contribution in [0.25, 0.3) is 0 Å². The van der Waals surface area contributed by atoms with Gasteiger partial charge in [-0.1, -0.05) is 51.5 Å². The van der Waals surface area contributed by atoms with Gasteiger partial charge in [-0.15, -0.1) is 0 Å². The average molecular weight is 475 g/mol. The zero-order valence-corrected chi connectivity index (χ0v) is 21.2. The van der Waals surface area contributed by atoms with Gasteiger partial charge in [0.15, 0.2) is 0 Å². The minimum absolute atomic E-state index is 0.00501. The Bertz CT molecular complexity index is 851. The number of benzene rings is 2. The van der Waals surface area contributed by atoms with E-state index in [1.54, 1.807) is 6.92 Å². The van der Waals surface area contributed by atoms with Crippen molar-refractivity contribution in [2.75, 3.05) is 13.1 Å². The molecule has 1 amide bonds. The topological polar surface area (TPSA) is 58.2 Å². The molecule has 0 saturated carbocycles. The molecule has 0 radical (unpaired) electrons. The van der Waals surface area contributed by atoms with Gasteiger partial charge in [-0.05, 0) is 67.5 Å². The van der Waals surface area contributed by atoms with Crippen LogP contribution >= 0.6 is 0 Å². The number of aryl methyl sites for hydroxylation is 1. The highest BCUT2D eigenvalue weighted by atomic mass is 19.1.